The summed E-state index contributed by atoms with van der Waals surface area (Å²) in [5, 5.41) is 28.5. The van der Waals surface area contributed by atoms with Gasteiger partial charge in [0, 0.05) is 19.3 Å². The molecule has 11 heteroatoms. The molecule has 4 atom stereocenters. The van der Waals surface area contributed by atoms with E-state index in [1.807, 2.05) is 84.9 Å². The molecule has 11 nitrogen and oxygen atoms in total. The molecule has 0 saturated heterocycles. The van der Waals surface area contributed by atoms with Crippen LogP contribution in [0.4, 0.5) is 0 Å². The lowest BCUT2D eigenvalue weighted by Crippen LogP contribution is -2.57. The Balaban J connectivity index is 1.34. The number of hydrogen-bond donors (Lipinski definition) is 5. The summed E-state index contributed by atoms with van der Waals surface area (Å²) in [7, 11) is 0. The number of carboxylic acid groups (broad SMARTS) is 1. The summed E-state index contributed by atoms with van der Waals surface area (Å²) >= 11 is 0. The molecule has 5 N–H and O–H groups in total. The van der Waals surface area contributed by atoms with Crippen LogP contribution in [-0.4, -0.2) is 64.4 Å². The molecule has 2 aliphatic heterocycles. The summed E-state index contributed by atoms with van der Waals surface area (Å²) in [5.74, 6) is -4.17. The number of aromatic hydroxyl groups is 1. The standard InChI is InChI=1S/C46H45N3O8/c50-37-20-13-33(14-21-37)26-40-44(53)49-41(27-32-11-18-35(19-12-32)34-9-5-2-6-10-34)45(54)48-39(24-17-30-7-3-1-4-8-30)42(51)28-36(46(55)56)25-31-15-22-38(23-16-31)57-29-43(52)47-40/h1-16,18-23,36,39-41,50H,17,24-29H2,(H,47,52)(H,48,54)(H,49,53)(H,55,56)/t36-,39-,40-,41+/m1/s1. The number of ketones is 1. The number of ether oxygens (including phenoxy) is 1. The summed E-state index contributed by atoms with van der Waals surface area (Å²) in [5.41, 5.74) is 4.92. The molecule has 0 spiro atoms. The Hall–Kier alpha value is -6.75. The van der Waals surface area contributed by atoms with E-state index in [-0.39, 0.29) is 37.9 Å². The molecule has 0 aliphatic carbocycles. The molecule has 57 heavy (non-hydrogen) atoms. The molecule has 5 aromatic carbocycles. The summed E-state index contributed by atoms with van der Waals surface area (Å²) in [6.07, 6.45) is 0.410. The number of fused-ring (bicyclic) bond motifs is 16. The molecule has 2 bridgehead atoms. The summed E-state index contributed by atoms with van der Waals surface area (Å²) in [4.78, 5) is 68.4. The second-order valence-corrected chi connectivity index (χ2v) is 14.2. The van der Waals surface area contributed by atoms with Gasteiger partial charge in [0.1, 0.15) is 23.6 Å². The number of phenols is 1. The largest absolute Gasteiger partial charge is 0.508 e. The number of phenolic OH excluding ortho intramolecular Hbond substituents is 1. The Morgan fingerprint density at radius 3 is 1.75 bits per heavy atom. The van der Waals surface area contributed by atoms with Crippen LogP contribution in [0, 0.1) is 5.92 Å². The Labute approximate surface area is 331 Å². The maximum absolute atomic E-state index is 14.4. The molecule has 7 rings (SSSR count). The summed E-state index contributed by atoms with van der Waals surface area (Å²) in [6.45, 7) is -0.425. The van der Waals surface area contributed by atoms with Gasteiger partial charge in [-0.05, 0) is 76.9 Å². The van der Waals surface area contributed by atoms with Crippen LogP contribution in [0.1, 0.15) is 35.1 Å². The van der Waals surface area contributed by atoms with Crippen molar-refractivity contribution in [3.63, 3.8) is 0 Å². The number of nitrogens with one attached hydrogen (secondary N) is 3. The normalized spacial score (nSPS) is 19.5. The van der Waals surface area contributed by atoms with Crippen LogP contribution >= 0.6 is 0 Å². The van der Waals surface area contributed by atoms with Gasteiger partial charge in [0.2, 0.25) is 11.8 Å². The zero-order chi connectivity index (χ0) is 40.1. The highest BCUT2D eigenvalue weighted by Gasteiger charge is 2.32. The Morgan fingerprint density at radius 2 is 1.14 bits per heavy atom. The minimum absolute atomic E-state index is 0.0292. The average Bonchev–Trinajstić information content (AvgIpc) is 3.22. The molecule has 292 valence electrons. The van der Waals surface area contributed by atoms with Gasteiger partial charge in [-0.2, -0.15) is 0 Å². The fraction of sp³-hybridized carbons (Fsp3) is 0.239. The van der Waals surface area contributed by atoms with Gasteiger partial charge < -0.3 is 30.9 Å². The highest BCUT2D eigenvalue weighted by Crippen LogP contribution is 2.22. The number of carboxylic acids is 1. The van der Waals surface area contributed by atoms with Crippen molar-refractivity contribution in [3.05, 3.63) is 156 Å². The van der Waals surface area contributed by atoms with Crippen LogP contribution in [-0.2, 0) is 49.7 Å². The number of aliphatic carboxylic acids is 1. The lowest BCUT2D eigenvalue weighted by atomic mass is 9.90. The van der Waals surface area contributed by atoms with E-state index < -0.39 is 60.1 Å². The SMILES string of the molecule is O=C1COc2ccc(cc2)C[C@@H](C(=O)O)CC(=O)[C@@H](CCc2ccccc2)NC(=O)[C@H](Cc2ccc(-c3ccccc3)cc2)NC(=O)[C@@H](Cc2ccc(O)cc2)N1. The van der Waals surface area contributed by atoms with Gasteiger partial charge >= 0.3 is 5.97 Å². The Bertz CT molecular complexity index is 2140. The molecule has 0 aromatic heterocycles. The molecule has 2 heterocycles. The molecule has 0 fully saturated rings. The van der Waals surface area contributed by atoms with Crippen molar-refractivity contribution in [1.29, 1.82) is 0 Å². The van der Waals surface area contributed by atoms with E-state index in [4.69, 9.17) is 4.74 Å². The second kappa shape index (κ2) is 19.2. The Kier molecular flexibility index (Phi) is 13.5. The van der Waals surface area contributed by atoms with Gasteiger partial charge in [-0.3, -0.25) is 24.0 Å². The van der Waals surface area contributed by atoms with Crippen LogP contribution in [0.3, 0.4) is 0 Å². The van der Waals surface area contributed by atoms with Crippen molar-refractivity contribution in [2.45, 2.75) is 56.7 Å². The van der Waals surface area contributed by atoms with Gasteiger partial charge in [0.05, 0.1) is 12.0 Å². The first-order chi connectivity index (χ1) is 27.6. The number of Topliss-reactive ketones (excluding diaryl/α,β-unsaturated/α-hetero) is 1. The number of amides is 3. The first kappa shape index (κ1) is 39.9. The summed E-state index contributed by atoms with van der Waals surface area (Å²) < 4.78 is 5.70. The number of aryl methyl sites for hydroxylation is 1. The van der Waals surface area contributed by atoms with Crippen LogP contribution in [0.15, 0.2) is 133 Å². The number of carbonyl (C=O) groups excluding carboxylic acids is 4. The van der Waals surface area contributed by atoms with Crippen molar-refractivity contribution in [2.75, 3.05) is 6.61 Å². The molecule has 0 unspecified atom stereocenters. The molecule has 3 amide bonds. The lowest BCUT2D eigenvalue weighted by Gasteiger charge is -2.26. The molecule has 2 aliphatic rings. The number of carbonyl (C=O) groups is 5. The van der Waals surface area contributed by atoms with E-state index in [0.29, 0.717) is 23.3 Å². The fourth-order valence-corrected chi connectivity index (χ4v) is 6.82. The third-order valence-electron chi connectivity index (χ3n) is 10.0. The minimum Gasteiger partial charge on any atom is -0.508 e. The summed E-state index contributed by atoms with van der Waals surface area (Å²) in [6, 6.07) is 36.2. The third kappa shape index (κ3) is 11.6. The molecular formula is C46H45N3O8. The minimum atomic E-state index is -1.20. The van der Waals surface area contributed by atoms with Crippen LogP contribution in [0.25, 0.3) is 11.1 Å². The van der Waals surface area contributed by atoms with Gasteiger partial charge in [-0.15, -0.1) is 0 Å². The van der Waals surface area contributed by atoms with E-state index in [2.05, 4.69) is 16.0 Å². The van der Waals surface area contributed by atoms with E-state index in [1.165, 1.54) is 12.1 Å². The second-order valence-electron chi connectivity index (χ2n) is 14.2. The van der Waals surface area contributed by atoms with E-state index in [0.717, 1.165) is 22.3 Å². The Morgan fingerprint density at radius 1 is 0.596 bits per heavy atom. The van der Waals surface area contributed by atoms with Gasteiger partial charge in [-0.1, -0.05) is 109 Å². The number of benzene rings is 5. The van der Waals surface area contributed by atoms with Crippen molar-refractivity contribution in [3.8, 4) is 22.6 Å². The monoisotopic (exact) mass is 767 g/mol. The molecule has 0 saturated carbocycles. The maximum Gasteiger partial charge on any atom is 0.307 e. The highest BCUT2D eigenvalue weighted by atomic mass is 16.5. The van der Waals surface area contributed by atoms with Crippen LogP contribution in [0.5, 0.6) is 11.5 Å². The zero-order valence-electron chi connectivity index (χ0n) is 31.3. The van der Waals surface area contributed by atoms with Crippen LogP contribution < -0.4 is 20.7 Å². The molecule has 5 aromatic rings. The zero-order valence-corrected chi connectivity index (χ0v) is 31.3. The van der Waals surface area contributed by atoms with E-state index in [9.17, 15) is 34.2 Å². The van der Waals surface area contributed by atoms with E-state index >= 15 is 0 Å². The first-order valence-electron chi connectivity index (χ1n) is 18.9. The third-order valence-corrected chi connectivity index (χ3v) is 10.0. The maximum atomic E-state index is 14.4. The predicted octanol–water partition coefficient (Wildman–Crippen LogP) is 5.23. The number of rotatable bonds is 9. The number of hydrogen-bond acceptors (Lipinski definition) is 7. The predicted molar refractivity (Wildman–Crippen MR) is 214 cm³/mol. The average molecular weight is 768 g/mol. The van der Waals surface area contributed by atoms with E-state index in [1.54, 1.807) is 36.4 Å². The van der Waals surface area contributed by atoms with Crippen molar-refractivity contribution < 1.29 is 38.9 Å². The van der Waals surface area contributed by atoms with Crippen molar-refractivity contribution >= 4 is 29.5 Å². The van der Waals surface area contributed by atoms with Crippen molar-refractivity contribution in [2.24, 2.45) is 5.92 Å². The van der Waals surface area contributed by atoms with Crippen LogP contribution in [0.2, 0.25) is 0 Å². The van der Waals surface area contributed by atoms with Gasteiger partial charge in [0.25, 0.3) is 5.91 Å². The molecule has 0 radical (unpaired) electrons. The fourth-order valence-electron chi connectivity index (χ4n) is 6.82. The first-order valence-corrected chi connectivity index (χ1v) is 18.9. The van der Waals surface area contributed by atoms with Gasteiger partial charge in [-0.25, -0.2) is 0 Å². The van der Waals surface area contributed by atoms with Gasteiger partial charge in [0.15, 0.2) is 12.4 Å². The van der Waals surface area contributed by atoms with Crippen molar-refractivity contribution in [1.82, 2.24) is 16.0 Å². The molecular weight excluding hydrogens is 723 g/mol. The lowest BCUT2D eigenvalue weighted by molar-refractivity contribution is -0.144. The highest BCUT2D eigenvalue weighted by molar-refractivity contribution is 5.96. The quantitative estimate of drug-likeness (QED) is 0.127. The topological polar surface area (TPSA) is 171 Å². The smallest absolute Gasteiger partial charge is 0.307 e.